The lowest BCUT2D eigenvalue weighted by atomic mass is 10.2. The van der Waals surface area contributed by atoms with E-state index in [1.54, 1.807) is 5.32 Å². The minimum Gasteiger partial charge on any atom is -0.503 e. The summed E-state index contributed by atoms with van der Waals surface area (Å²) >= 11 is 0. The molecule has 12 heteroatoms. The number of nitrogens with zero attached hydrogens (tertiary/aromatic N) is 2. The van der Waals surface area contributed by atoms with E-state index in [0.29, 0.717) is 6.54 Å². The summed E-state index contributed by atoms with van der Waals surface area (Å²) in [5.41, 5.74) is 0.486. The molecule has 0 atom stereocenters. The predicted molar refractivity (Wildman–Crippen MR) is 106 cm³/mol. The van der Waals surface area contributed by atoms with Gasteiger partial charge >= 0.3 is 18.2 Å². The Morgan fingerprint density at radius 2 is 1.75 bits per heavy atom. The van der Waals surface area contributed by atoms with Crippen molar-refractivity contribution in [1.29, 1.82) is 0 Å². The maximum absolute atomic E-state index is 12.7. The molecule has 1 aromatic carbocycles. The molecule has 0 bridgehead atoms. The molecular formula is C20H17F3N4O5. The number of aromatic hydroxyl groups is 1. The highest BCUT2D eigenvalue weighted by atomic mass is 19.4. The van der Waals surface area contributed by atoms with Gasteiger partial charge in [0.1, 0.15) is 0 Å². The number of hydrogen-bond donors (Lipinski definition) is 3. The second kappa shape index (κ2) is 9.37. The summed E-state index contributed by atoms with van der Waals surface area (Å²) in [4.78, 5) is 38.9. The first-order valence-corrected chi connectivity index (χ1v) is 9.22. The van der Waals surface area contributed by atoms with Crippen LogP contribution in [0.2, 0.25) is 0 Å². The number of ether oxygens (including phenoxy) is 1. The number of pyridine rings is 2. The lowest BCUT2D eigenvalue weighted by molar-refractivity contribution is -0.173. The summed E-state index contributed by atoms with van der Waals surface area (Å²) in [5, 5.41) is 14.2. The zero-order valence-corrected chi connectivity index (χ0v) is 16.3. The van der Waals surface area contributed by atoms with E-state index in [1.165, 1.54) is 16.8 Å². The van der Waals surface area contributed by atoms with Crippen molar-refractivity contribution < 1.29 is 32.6 Å². The van der Waals surface area contributed by atoms with Crippen molar-refractivity contribution in [2.24, 2.45) is 0 Å². The maximum Gasteiger partial charge on any atom is 0.471 e. The molecule has 0 saturated heterocycles. The molecule has 2 heterocycles. The molecule has 0 aliphatic rings. The summed E-state index contributed by atoms with van der Waals surface area (Å²) in [6, 6.07) is 10.7. The summed E-state index contributed by atoms with van der Waals surface area (Å²) < 4.78 is 42.5. The summed E-state index contributed by atoms with van der Waals surface area (Å²) in [6.45, 7) is -0.549. The fourth-order valence-corrected chi connectivity index (χ4v) is 2.77. The van der Waals surface area contributed by atoms with Gasteiger partial charge in [-0.1, -0.05) is 30.3 Å². The van der Waals surface area contributed by atoms with Gasteiger partial charge in [-0.15, -0.1) is 0 Å². The Labute approximate surface area is 178 Å². The number of halogens is 3. The van der Waals surface area contributed by atoms with E-state index in [2.05, 4.69) is 10.3 Å². The number of fused-ring (bicyclic) bond motifs is 1. The Bertz CT molecular complexity index is 1200. The number of amides is 2. The third kappa shape index (κ3) is 5.33. The van der Waals surface area contributed by atoms with E-state index in [9.17, 15) is 32.7 Å². The highest BCUT2D eigenvalue weighted by molar-refractivity contribution is 5.89. The quantitative estimate of drug-likeness (QED) is 0.493. The van der Waals surface area contributed by atoms with Crippen molar-refractivity contribution in [2.45, 2.75) is 12.7 Å². The van der Waals surface area contributed by atoms with E-state index < -0.39 is 41.9 Å². The average Bonchev–Trinajstić information content (AvgIpc) is 2.75. The van der Waals surface area contributed by atoms with Gasteiger partial charge in [0.05, 0.1) is 11.9 Å². The first-order valence-electron chi connectivity index (χ1n) is 9.22. The minimum absolute atomic E-state index is 0.101. The highest BCUT2D eigenvalue weighted by Crippen LogP contribution is 2.30. The Hall–Kier alpha value is -4.09. The number of aromatic nitrogens is 2. The largest absolute Gasteiger partial charge is 0.503 e. The van der Waals surface area contributed by atoms with Gasteiger partial charge in [0, 0.05) is 30.9 Å². The van der Waals surface area contributed by atoms with Crippen LogP contribution in [0, 0.1) is 0 Å². The zero-order chi connectivity index (χ0) is 23.3. The molecule has 3 aromatic rings. The second-order valence-electron chi connectivity index (χ2n) is 6.54. The fraction of sp³-hybridized carbons (Fsp3) is 0.200. The van der Waals surface area contributed by atoms with Gasteiger partial charge in [-0.25, -0.2) is 9.78 Å². The lowest BCUT2D eigenvalue weighted by Gasteiger charge is -2.11. The number of nitrogens with one attached hydrogen (secondary N) is 2. The zero-order valence-electron chi connectivity index (χ0n) is 16.3. The highest BCUT2D eigenvalue weighted by Gasteiger charge is 2.38. The molecule has 3 N–H and O–H groups in total. The SMILES string of the molecule is O=C(NCCNC(=O)C(F)(F)F)Oc1ncc2c(=O)n(Cc3ccccc3)ccc2c1O. The first-order chi connectivity index (χ1) is 15.2. The summed E-state index contributed by atoms with van der Waals surface area (Å²) in [7, 11) is 0. The van der Waals surface area contributed by atoms with Gasteiger partial charge in [-0.3, -0.25) is 9.59 Å². The molecule has 0 spiro atoms. The average molecular weight is 450 g/mol. The van der Waals surface area contributed by atoms with Crippen LogP contribution in [-0.4, -0.2) is 45.9 Å². The number of benzene rings is 1. The molecule has 0 aliphatic heterocycles. The Balaban J connectivity index is 1.66. The number of hydrogen-bond acceptors (Lipinski definition) is 6. The van der Waals surface area contributed by atoms with E-state index in [-0.39, 0.29) is 17.3 Å². The van der Waals surface area contributed by atoms with Crippen molar-refractivity contribution >= 4 is 22.8 Å². The summed E-state index contributed by atoms with van der Waals surface area (Å²) in [5.74, 6) is -3.18. The molecular weight excluding hydrogens is 433 g/mol. The monoisotopic (exact) mass is 450 g/mol. The van der Waals surface area contributed by atoms with Gasteiger partial charge < -0.3 is 25.0 Å². The lowest BCUT2D eigenvalue weighted by Crippen LogP contribution is -2.41. The van der Waals surface area contributed by atoms with Gasteiger partial charge in [-0.2, -0.15) is 13.2 Å². The van der Waals surface area contributed by atoms with Crippen LogP contribution in [-0.2, 0) is 11.3 Å². The Kier molecular flexibility index (Phi) is 6.61. The molecule has 0 saturated carbocycles. The third-order valence-corrected chi connectivity index (χ3v) is 4.29. The Morgan fingerprint density at radius 3 is 2.44 bits per heavy atom. The topological polar surface area (TPSA) is 123 Å². The standard InChI is InChI=1S/C20H17F3N4O5/c21-20(22,23)18(30)24-7-8-25-19(31)32-16-15(28)13-6-9-27(17(29)14(13)10-26-16)11-12-4-2-1-3-5-12/h1-6,9-10,28H,7-8,11H2,(H,24,30)(H,25,31). The van der Waals surface area contributed by atoms with Crippen molar-refractivity contribution in [3.05, 3.63) is 64.7 Å². The van der Waals surface area contributed by atoms with Crippen LogP contribution in [0.15, 0.2) is 53.6 Å². The minimum atomic E-state index is -5.03. The number of alkyl halides is 3. The number of carbonyl (C=O) groups excluding carboxylic acids is 2. The van der Waals surface area contributed by atoms with E-state index in [1.807, 2.05) is 30.3 Å². The van der Waals surface area contributed by atoms with Crippen molar-refractivity contribution in [3.63, 3.8) is 0 Å². The normalized spacial score (nSPS) is 11.2. The van der Waals surface area contributed by atoms with Crippen molar-refractivity contribution in [2.75, 3.05) is 13.1 Å². The molecule has 168 valence electrons. The predicted octanol–water partition coefficient (Wildman–Crippen LogP) is 1.92. The van der Waals surface area contributed by atoms with Crippen LogP contribution < -0.4 is 20.9 Å². The molecule has 2 aromatic heterocycles. The maximum atomic E-state index is 12.7. The van der Waals surface area contributed by atoms with E-state index in [0.717, 1.165) is 11.8 Å². The van der Waals surface area contributed by atoms with Crippen LogP contribution in [0.4, 0.5) is 18.0 Å². The van der Waals surface area contributed by atoms with Crippen LogP contribution >= 0.6 is 0 Å². The molecule has 32 heavy (non-hydrogen) atoms. The van der Waals surface area contributed by atoms with Gasteiger partial charge in [0.15, 0.2) is 5.75 Å². The molecule has 2 amide bonds. The van der Waals surface area contributed by atoms with Crippen molar-refractivity contribution in [3.8, 4) is 11.6 Å². The van der Waals surface area contributed by atoms with Crippen LogP contribution in [0.5, 0.6) is 11.6 Å². The second-order valence-corrected chi connectivity index (χ2v) is 6.54. The summed E-state index contributed by atoms with van der Waals surface area (Å²) in [6.07, 6.45) is -3.53. The number of carbonyl (C=O) groups is 2. The first kappa shape index (κ1) is 22.6. The molecule has 0 unspecified atom stereocenters. The van der Waals surface area contributed by atoms with E-state index in [4.69, 9.17) is 4.74 Å². The Morgan fingerprint density at radius 1 is 1.06 bits per heavy atom. The van der Waals surface area contributed by atoms with Crippen LogP contribution in [0.3, 0.4) is 0 Å². The molecule has 9 nitrogen and oxygen atoms in total. The molecule has 3 rings (SSSR count). The van der Waals surface area contributed by atoms with Gasteiger partial charge in [-0.05, 0) is 11.6 Å². The smallest absolute Gasteiger partial charge is 0.471 e. The van der Waals surface area contributed by atoms with Gasteiger partial charge in [0.2, 0.25) is 0 Å². The van der Waals surface area contributed by atoms with Gasteiger partial charge in [0.25, 0.3) is 11.4 Å². The fourth-order valence-electron chi connectivity index (χ4n) is 2.77. The van der Waals surface area contributed by atoms with E-state index >= 15 is 0 Å². The van der Waals surface area contributed by atoms with Crippen molar-refractivity contribution in [1.82, 2.24) is 20.2 Å². The molecule has 0 aliphatic carbocycles. The van der Waals surface area contributed by atoms with Crippen LogP contribution in [0.25, 0.3) is 10.8 Å². The van der Waals surface area contributed by atoms with Crippen LogP contribution in [0.1, 0.15) is 5.56 Å². The molecule has 0 fully saturated rings. The molecule has 0 radical (unpaired) electrons. The third-order valence-electron chi connectivity index (χ3n) is 4.29. The number of rotatable bonds is 6.